The van der Waals surface area contributed by atoms with Crippen LogP contribution in [-0.2, 0) is 4.79 Å². The molecule has 0 aromatic carbocycles. The van der Waals surface area contributed by atoms with Gasteiger partial charge in [-0.25, -0.2) is 0 Å². The summed E-state index contributed by atoms with van der Waals surface area (Å²) in [6, 6.07) is 0. The number of rotatable bonds is 1. The van der Waals surface area contributed by atoms with Gasteiger partial charge in [0.1, 0.15) is 0 Å². The van der Waals surface area contributed by atoms with E-state index < -0.39 is 0 Å². The van der Waals surface area contributed by atoms with Gasteiger partial charge in [-0.2, -0.15) is 0 Å². The molecule has 0 aliphatic heterocycles. The zero-order valence-corrected chi connectivity index (χ0v) is 4.81. The van der Waals surface area contributed by atoms with E-state index in [0.717, 1.165) is 0 Å². The average Bonchev–Trinajstić information content (AvgIpc) is 1.38. The number of carbonyl (C=O) groups excluding carboxylic acids is 1. The van der Waals surface area contributed by atoms with Crippen molar-refractivity contribution in [1.29, 1.82) is 0 Å². The number of hydrogen-bond acceptors (Lipinski definition) is 1. The molecule has 0 heterocycles. The summed E-state index contributed by atoms with van der Waals surface area (Å²) in [6.45, 7) is 3.22. The number of hydrogen-bond donors (Lipinski definition) is 0. The van der Waals surface area contributed by atoms with Gasteiger partial charge in [0.25, 0.3) is 0 Å². The summed E-state index contributed by atoms with van der Waals surface area (Å²) in [7, 11) is 0. The molecule has 0 aliphatic rings. The molecule has 0 saturated carbocycles. The van der Waals surface area contributed by atoms with Crippen LogP contribution in [-0.4, -0.2) is 1.56 Å². The second-order valence-electron chi connectivity index (χ2n) is 0.496. The van der Waals surface area contributed by atoms with Crippen LogP contribution in [0.25, 0.3) is 0 Å². The summed E-state index contributed by atoms with van der Waals surface area (Å²) in [5, 5.41) is 0. The minimum atomic E-state index is 0.0463. The normalized spacial score (nSPS) is 6.60. The molecule has 1 nitrogen and oxygen atoms in total. The zero-order chi connectivity index (χ0) is 4.28. The van der Waals surface area contributed by atoms with Crippen molar-refractivity contribution in [3.8, 4) is 0 Å². The van der Waals surface area contributed by atoms with Crippen molar-refractivity contribution < 1.29 is 42.7 Å². The Bertz CT molecular complexity index is 57.9. The Morgan fingerprint density at radius 1 is 2.00 bits per heavy atom. The van der Waals surface area contributed by atoms with Crippen LogP contribution in [0.1, 0.15) is 0 Å². The van der Waals surface area contributed by atoms with E-state index in [1.165, 1.54) is 44.0 Å². The molecular formula is C3H3GdO. The van der Waals surface area contributed by atoms with Gasteiger partial charge in [0, 0.05) is 0 Å². The molecule has 0 aromatic heterocycles. The third-order valence-corrected chi connectivity index (χ3v) is 0.619. The van der Waals surface area contributed by atoms with E-state index in [1.807, 2.05) is 0 Å². The Hall–Kier alpha value is 0.735. The van der Waals surface area contributed by atoms with E-state index in [0.29, 0.717) is 0 Å². The fraction of sp³-hybridized carbons (Fsp3) is 0. The van der Waals surface area contributed by atoms with Crippen LogP contribution >= 0.6 is 0 Å². The molecule has 0 bridgehead atoms. The van der Waals surface area contributed by atoms with Gasteiger partial charge in [0.05, 0.1) is 0 Å². The molecule has 5 heavy (non-hydrogen) atoms. The van der Waals surface area contributed by atoms with Gasteiger partial charge in [-0.1, -0.05) is 0 Å². The van der Waals surface area contributed by atoms with E-state index in [1.54, 1.807) is 0 Å². The first-order valence-corrected chi connectivity index (χ1v) is 2.21. The van der Waals surface area contributed by atoms with Crippen molar-refractivity contribution in [3.05, 3.63) is 12.7 Å². The second-order valence-corrected chi connectivity index (χ2v) is 1.61. The van der Waals surface area contributed by atoms with Gasteiger partial charge >= 0.3 is 56.9 Å². The Labute approximate surface area is 56.4 Å². The number of allylic oxidation sites excluding steroid dienone is 1. The standard InChI is InChI=1S/C3H3O.Gd/c1-2-3-4;/h2H,1H2;. The predicted molar refractivity (Wildman–Crippen MR) is 15.2 cm³/mol. The van der Waals surface area contributed by atoms with Gasteiger partial charge in [-0.3, -0.25) is 0 Å². The maximum absolute atomic E-state index is 9.71. The SMILES string of the molecule is C=C[C](=O)[Gd]. The van der Waals surface area contributed by atoms with Crippen LogP contribution in [0.3, 0.4) is 0 Å². The summed E-state index contributed by atoms with van der Waals surface area (Å²) in [4.78, 5) is 9.71. The molecule has 0 aromatic rings. The molecule has 0 unspecified atom stereocenters. The van der Waals surface area contributed by atoms with Crippen LogP contribution in [0, 0.1) is 37.9 Å². The maximum atomic E-state index is 9.71. The first-order valence-electron chi connectivity index (χ1n) is 1.08. The molecular weight excluding hydrogens is 209 g/mol. The molecule has 0 rings (SSSR count). The topological polar surface area (TPSA) is 17.1 Å². The average molecular weight is 212 g/mol. The molecule has 0 atom stereocenters. The van der Waals surface area contributed by atoms with E-state index in [4.69, 9.17) is 0 Å². The molecule has 0 fully saturated rings. The molecule has 0 radical (unpaired) electrons. The molecule has 0 amide bonds. The van der Waals surface area contributed by atoms with Crippen molar-refractivity contribution >= 4 is 1.56 Å². The molecule has 0 saturated heterocycles. The van der Waals surface area contributed by atoms with Crippen LogP contribution in [0.2, 0.25) is 0 Å². The van der Waals surface area contributed by atoms with Crippen LogP contribution < -0.4 is 0 Å². The van der Waals surface area contributed by atoms with E-state index in [9.17, 15) is 4.79 Å². The second kappa shape index (κ2) is 2.95. The van der Waals surface area contributed by atoms with Crippen molar-refractivity contribution in [2.75, 3.05) is 0 Å². The molecule has 2 heteroatoms. The van der Waals surface area contributed by atoms with E-state index in [-0.39, 0.29) is 1.56 Å². The van der Waals surface area contributed by atoms with Crippen LogP contribution in [0.15, 0.2) is 12.7 Å². The van der Waals surface area contributed by atoms with Crippen molar-refractivity contribution in [2.24, 2.45) is 0 Å². The first kappa shape index (κ1) is 5.73. The van der Waals surface area contributed by atoms with E-state index in [2.05, 4.69) is 6.58 Å². The Morgan fingerprint density at radius 3 is 2.20 bits per heavy atom. The Kier molecular flexibility index (Phi) is 3.38. The first-order chi connectivity index (χ1) is 2.27. The van der Waals surface area contributed by atoms with Crippen LogP contribution in [0.4, 0.5) is 0 Å². The van der Waals surface area contributed by atoms with E-state index >= 15 is 0 Å². The summed E-state index contributed by atoms with van der Waals surface area (Å²) >= 11 is 1.29. The summed E-state index contributed by atoms with van der Waals surface area (Å²) in [6.07, 6.45) is 1.29. The Balaban J connectivity index is 3.20. The minimum absolute atomic E-state index is 0.0463. The van der Waals surface area contributed by atoms with Gasteiger partial charge < -0.3 is 0 Å². The third kappa shape index (κ3) is 4.73. The summed E-state index contributed by atoms with van der Waals surface area (Å²) < 4.78 is 0.0463. The van der Waals surface area contributed by atoms with Crippen molar-refractivity contribution in [3.63, 3.8) is 0 Å². The fourth-order valence-corrected chi connectivity index (χ4v) is 0. The van der Waals surface area contributed by atoms with Gasteiger partial charge in [0.15, 0.2) is 0 Å². The molecule has 0 spiro atoms. The monoisotopic (exact) mass is 213 g/mol. The predicted octanol–water partition coefficient (Wildman–Crippen LogP) is 0.248. The molecule has 0 N–H and O–H groups in total. The Morgan fingerprint density at radius 2 is 2.20 bits per heavy atom. The van der Waals surface area contributed by atoms with Gasteiger partial charge in [-0.05, 0) is 0 Å². The third-order valence-electron chi connectivity index (χ3n) is 0.156. The van der Waals surface area contributed by atoms with Crippen molar-refractivity contribution in [2.45, 2.75) is 0 Å². The fourth-order valence-electron chi connectivity index (χ4n) is 0. The summed E-state index contributed by atoms with van der Waals surface area (Å²) in [5.74, 6) is 0. The van der Waals surface area contributed by atoms with Gasteiger partial charge in [-0.15, -0.1) is 0 Å². The molecule has 0 aliphatic carbocycles. The zero-order valence-electron chi connectivity index (χ0n) is 2.55. The summed E-state index contributed by atoms with van der Waals surface area (Å²) in [5.41, 5.74) is 0. The quantitative estimate of drug-likeness (QED) is 0.569. The molecule has 29 valence electrons. The van der Waals surface area contributed by atoms with Gasteiger partial charge in [0.2, 0.25) is 0 Å². The van der Waals surface area contributed by atoms with Crippen molar-refractivity contribution in [1.82, 2.24) is 0 Å². The van der Waals surface area contributed by atoms with Crippen LogP contribution in [0.5, 0.6) is 0 Å². The number of carbonyl (C=O) groups is 1.